The van der Waals surface area contributed by atoms with Gasteiger partial charge in [-0.1, -0.05) is 30.3 Å². The average molecular weight is 458 g/mol. The van der Waals surface area contributed by atoms with E-state index in [1.54, 1.807) is 0 Å². The number of hydrogen-bond donors (Lipinski definition) is 2. The molecule has 1 aliphatic carbocycles. The lowest BCUT2D eigenvalue weighted by Gasteiger charge is -2.25. The Morgan fingerprint density at radius 1 is 1.28 bits per heavy atom. The van der Waals surface area contributed by atoms with Crippen molar-refractivity contribution in [3.05, 3.63) is 35.9 Å². The second-order valence-corrected chi connectivity index (χ2v) is 7.46. The average Bonchev–Trinajstić information content (AvgIpc) is 3.25. The molecule has 140 valence electrons. The number of nitrogens with one attached hydrogen (secondary N) is 2. The van der Waals surface area contributed by atoms with E-state index >= 15 is 0 Å². The van der Waals surface area contributed by atoms with Gasteiger partial charge in [-0.3, -0.25) is 9.79 Å². The lowest BCUT2D eigenvalue weighted by atomic mass is 10.1. The molecule has 1 fully saturated rings. The molecule has 1 amide bonds. The van der Waals surface area contributed by atoms with E-state index in [1.165, 1.54) is 5.56 Å². The summed E-state index contributed by atoms with van der Waals surface area (Å²) in [7, 11) is 1.91. The van der Waals surface area contributed by atoms with E-state index in [4.69, 9.17) is 0 Å². The fourth-order valence-corrected chi connectivity index (χ4v) is 2.76. The quantitative estimate of drug-likeness (QED) is 0.405. The first-order valence-corrected chi connectivity index (χ1v) is 8.68. The molecule has 2 unspecified atom stereocenters. The topological polar surface area (TPSA) is 56.7 Å². The number of rotatable bonds is 5. The maximum absolute atomic E-state index is 12.1. The van der Waals surface area contributed by atoms with Crippen LogP contribution in [0, 0.1) is 0 Å². The molecule has 2 atom stereocenters. The molecule has 1 aromatic rings. The summed E-state index contributed by atoms with van der Waals surface area (Å²) < 4.78 is 0. The highest BCUT2D eigenvalue weighted by atomic mass is 127. The fraction of sp³-hybridized carbons (Fsp3) is 0.579. The molecule has 25 heavy (non-hydrogen) atoms. The van der Waals surface area contributed by atoms with Gasteiger partial charge in [-0.2, -0.15) is 0 Å². The minimum absolute atomic E-state index is 0. The van der Waals surface area contributed by atoms with Gasteiger partial charge >= 0.3 is 0 Å². The van der Waals surface area contributed by atoms with E-state index < -0.39 is 0 Å². The van der Waals surface area contributed by atoms with Gasteiger partial charge in [0, 0.05) is 31.1 Å². The van der Waals surface area contributed by atoms with Crippen molar-refractivity contribution in [1.29, 1.82) is 0 Å². The Morgan fingerprint density at radius 3 is 2.48 bits per heavy atom. The van der Waals surface area contributed by atoms with Gasteiger partial charge in [0.2, 0.25) is 5.91 Å². The number of aliphatic imine (C=N–C) groups is 1. The van der Waals surface area contributed by atoms with Crippen LogP contribution in [0.4, 0.5) is 0 Å². The summed E-state index contributed by atoms with van der Waals surface area (Å²) in [5, 5.41) is 6.49. The van der Waals surface area contributed by atoms with Crippen LogP contribution in [0.5, 0.6) is 0 Å². The van der Waals surface area contributed by atoms with Crippen molar-refractivity contribution in [3.63, 3.8) is 0 Å². The highest BCUT2D eigenvalue weighted by molar-refractivity contribution is 14.0. The Bertz CT molecular complexity index is 583. The second kappa shape index (κ2) is 9.40. The van der Waals surface area contributed by atoms with Crippen LogP contribution in [0.2, 0.25) is 0 Å². The first-order chi connectivity index (χ1) is 11.3. The minimum atomic E-state index is -0.220. The monoisotopic (exact) mass is 458 g/mol. The summed E-state index contributed by atoms with van der Waals surface area (Å²) in [6.45, 7) is 8.95. The number of benzene rings is 1. The van der Waals surface area contributed by atoms with Crippen LogP contribution < -0.4 is 10.6 Å². The van der Waals surface area contributed by atoms with E-state index in [0.29, 0.717) is 25.0 Å². The Labute approximate surface area is 168 Å². The molecule has 2 rings (SSSR count). The molecular weight excluding hydrogens is 427 g/mol. The number of hydrogen-bond acceptors (Lipinski definition) is 2. The number of nitrogens with zero attached hydrogens (tertiary/aromatic N) is 2. The summed E-state index contributed by atoms with van der Waals surface area (Å²) in [4.78, 5) is 18.6. The zero-order valence-electron chi connectivity index (χ0n) is 15.9. The van der Waals surface area contributed by atoms with Crippen molar-refractivity contribution in [2.24, 2.45) is 4.99 Å². The van der Waals surface area contributed by atoms with Crippen molar-refractivity contribution in [1.82, 2.24) is 15.5 Å². The first kappa shape index (κ1) is 21.7. The van der Waals surface area contributed by atoms with Crippen LogP contribution in [-0.2, 0) is 4.79 Å². The molecule has 0 spiro atoms. The highest BCUT2D eigenvalue weighted by Gasteiger charge is 2.39. The molecule has 1 aliphatic rings. The van der Waals surface area contributed by atoms with E-state index in [2.05, 4.69) is 39.9 Å². The number of amides is 1. The molecule has 1 saturated carbocycles. The van der Waals surface area contributed by atoms with Gasteiger partial charge in [0.25, 0.3) is 0 Å². The number of guanidine groups is 1. The molecule has 5 nitrogen and oxygen atoms in total. The third-order valence-electron chi connectivity index (χ3n) is 3.90. The minimum Gasteiger partial charge on any atom is -0.353 e. The number of likely N-dealkylation sites (N-methyl/N-ethyl adjacent to an activating group) is 1. The molecule has 0 saturated heterocycles. The van der Waals surface area contributed by atoms with E-state index in [-0.39, 0.29) is 35.4 Å². The molecular formula is C19H31IN4O. The molecule has 0 aromatic heterocycles. The highest BCUT2D eigenvalue weighted by Crippen LogP contribution is 2.40. The summed E-state index contributed by atoms with van der Waals surface area (Å²) in [6, 6.07) is 10.9. The Morgan fingerprint density at radius 2 is 1.92 bits per heavy atom. The van der Waals surface area contributed by atoms with Crippen molar-refractivity contribution in [2.45, 2.75) is 51.6 Å². The Kier molecular flexibility index (Phi) is 8.18. The normalized spacial score (nSPS) is 19.6. The smallest absolute Gasteiger partial charge is 0.240 e. The van der Waals surface area contributed by atoms with Crippen molar-refractivity contribution < 1.29 is 4.79 Å². The lowest BCUT2D eigenvalue weighted by Crippen LogP contribution is -2.49. The summed E-state index contributed by atoms with van der Waals surface area (Å²) in [6.07, 6.45) is 1.11. The Hall–Kier alpha value is -1.31. The summed E-state index contributed by atoms with van der Waals surface area (Å²) in [5.41, 5.74) is 1.14. The van der Waals surface area contributed by atoms with Gasteiger partial charge in [0.05, 0.1) is 6.54 Å². The largest absolute Gasteiger partial charge is 0.353 e. The standard InChI is InChI=1S/C19H30N4O.HI/c1-6-20-18(23(5)13-17(24)22-19(2,3)4)21-16-12-15(16)14-10-8-7-9-11-14;/h7-11,15-16H,6,12-13H2,1-5H3,(H,20,21)(H,22,24);1H. The molecule has 6 heteroatoms. The van der Waals surface area contributed by atoms with E-state index in [0.717, 1.165) is 12.4 Å². The van der Waals surface area contributed by atoms with Crippen molar-refractivity contribution >= 4 is 35.8 Å². The molecule has 0 heterocycles. The van der Waals surface area contributed by atoms with Crippen molar-refractivity contribution in [3.8, 4) is 0 Å². The number of carbonyl (C=O) groups excluding carboxylic acids is 1. The maximum atomic E-state index is 12.1. The molecule has 0 bridgehead atoms. The van der Waals surface area contributed by atoms with Gasteiger partial charge < -0.3 is 15.5 Å². The third-order valence-corrected chi connectivity index (χ3v) is 3.90. The van der Waals surface area contributed by atoms with Crippen LogP contribution in [0.25, 0.3) is 0 Å². The fourth-order valence-electron chi connectivity index (χ4n) is 2.76. The van der Waals surface area contributed by atoms with Crippen LogP contribution >= 0.6 is 24.0 Å². The van der Waals surface area contributed by atoms with Gasteiger partial charge in [-0.25, -0.2) is 0 Å². The number of carbonyl (C=O) groups is 1. The van der Waals surface area contributed by atoms with Gasteiger partial charge in [0.1, 0.15) is 0 Å². The third kappa shape index (κ3) is 7.22. The molecule has 2 N–H and O–H groups in total. The maximum Gasteiger partial charge on any atom is 0.240 e. The van der Waals surface area contributed by atoms with Gasteiger partial charge in [0.15, 0.2) is 5.96 Å². The predicted molar refractivity (Wildman–Crippen MR) is 115 cm³/mol. The van der Waals surface area contributed by atoms with Crippen LogP contribution in [0.1, 0.15) is 45.6 Å². The van der Waals surface area contributed by atoms with E-state index in [1.807, 2.05) is 45.7 Å². The number of halogens is 1. The zero-order valence-corrected chi connectivity index (χ0v) is 18.2. The lowest BCUT2D eigenvalue weighted by molar-refractivity contribution is -0.122. The molecule has 0 aliphatic heterocycles. The van der Waals surface area contributed by atoms with Crippen LogP contribution in [0.3, 0.4) is 0 Å². The Balaban J connectivity index is 0.00000312. The first-order valence-electron chi connectivity index (χ1n) is 8.68. The van der Waals surface area contributed by atoms with Crippen molar-refractivity contribution in [2.75, 3.05) is 20.1 Å². The van der Waals surface area contributed by atoms with Gasteiger partial charge in [-0.15, -0.1) is 24.0 Å². The summed E-state index contributed by atoms with van der Waals surface area (Å²) in [5.74, 6) is 1.33. The van der Waals surface area contributed by atoms with Gasteiger partial charge in [-0.05, 0) is 39.7 Å². The zero-order chi connectivity index (χ0) is 17.7. The SMILES string of the molecule is CCN=C(NC1CC1c1ccccc1)N(C)CC(=O)NC(C)(C)C.I. The summed E-state index contributed by atoms with van der Waals surface area (Å²) >= 11 is 0. The van der Waals surface area contributed by atoms with Crippen LogP contribution in [0.15, 0.2) is 35.3 Å². The van der Waals surface area contributed by atoms with Crippen LogP contribution in [-0.4, -0.2) is 48.5 Å². The molecule has 0 radical (unpaired) electrons. The second-order valence-electron chi connectivity index (χ2n) is 7.46. The molecule has 1 aromatic carbocycles. The predicted octanol–water partition coefficient (Wildman–Crippen LogP) is 2.97. The van der Waals surface area contributed by atoms with E-state index in [9.17, 15) is 4.79 Å².